The molecular weight excluding hydrogens is 334 g/mol. The largest absolute Gasteiger partial charge is 0.351 e. The minimum Gasteiger partial charge on any atom is -0.351 e. The first kappa shape index (κ1) is 15.8. The number of nitrogens with two attached hydrogens (primary N) is 1. The number of piperidine rings is 1. The predicted molar refractivity (Wildman–Crippen MR) is 84.6 cm³/mol. The number of likely N-dealkylation sites (tertiary alicyclic amines) is 1. The lowest BCUT2D eigenvalue weighted by molar-refractivity contribution is -0.126. The first-order chi connectivity index (χ1) is 9.97. The molecule has 1 aliphatic rings. The van der Waals surface area contributed by atoms with E-state index < -0.39 is 6.03 Å². The van der Waals surface area contributed by atoms with Crippen LogP contribution in [0.2, 0.25) is 0 Å². The van der Waals surface area contributed by atoms with Crippen molar-refractivity contribution in [2.45, 2.75) is 25.8 Å². The Morgan fingerprint density at radius 3 is 2.90 bits per heavy atom. The molecule has 3 N–H and O–H groups in total. The number of hydrogen-bond donors (Lipinski definition) is 2. The molecular formula is C15H20BrN3O2. The van der Waals surface area contributed by atoms with E-state index in [1.807, 2.05) is 31.2 Å². The van der Waals surface area contributed by atoms with Crippen molar-refractivity contribution < 1.29 is 9.59 Å². The number of benzene rings is 1. The van der Waals surface area contributed by atoms with Crippen LogP contribution < -0.4 is 11.1 Å². The molecule has 0 bridgehead atoms. The van der Waals surface area contributed by atoms with Crippen molar-refractivity contribution in [2.75, 3.05) is 13.1 Å². The molecule has 0 aliphatic carbocycles. The SMILES string of the molecule is C[C@@H](NC(=O)[C@@H]1CCCN(C(N)=O)C1)c1cccc(Br)c1. The highest BCUT2D eigenvalue weighted by Crippen LogP contribution is 2.20. The van der Waals surface area contributed by atoms with E-state index >= 15 is 0 Å². The Balaban J connectivity index is 1.96. The average Bonchev–Trinajstić information content (AvgIpc) is 2.47. The maximum Gasteiger partial charge on any atom is 0.314 e. The van der Waals surface area contributed by atoms with Crippen LogP contribution in [-0.2, 0) is 4.79 Å². The van der Waals surface area contributed by atoms with E-state index in [2.05, 4.69) is 21.2 Å². The molecule has 0 aromatic heterocycles. The lowest BCUT2D eigenvalue weighted by Crippen LogP contribution is -2.47. The van der Waals surface area contributed by atoms with Crippen molar-refractivity contribution in [1.82, 2.24) is 10.2 Å². The van der Waals surface area contributed by atoms with Crippen LogP contribution in [0.1, 0.15) is 31.4 Å². The average molecular weight is 354 g/mol. The van der Waals surface area contributed by atoms with Gasteiger partial charge in [0.2, 0.25) is 5.91 Å². The van der Waals surface area contributed by atoms with Gasteiger partial charge in [0.05, 0.1) is 12.0 Å². The molecule has 114 valence electrons. The van der Waals surface area contributed by atoms with Gasteiger partial charge in [-0.25, -0.2) is 4.79 Å². The number of urea groups is 1. The van der Waals surface area contributed by atoms with Gasteiger partial charge in [0.15, 0.2) is 0 Å². The van der Waals surface area contributed by atoms with Gasteiger partial charge in [-0.2, -0.15) is 0 Å². The van der Waals surface area contributed by atoms with Crippen LogP contribution in [0.5, 0.6) is 0 Å². The van der Waals surface area contributed by atoms with Gasteiger partial charge in [-0.1, -0.05) is 28.1 Å². The molecule has 0 radical (unpaired) electrons. The molecule has 0 spiro atoms. The summed E-state index contributed by atoms with van der Waals surface area (Å²) in [6.07, 6.45) is 1.60. The molecule has 6 heteroatoms. The van der Waals surface area contributed by atoms with Gasteiger partial charge in [0.1, 0.15) is 0 Å². The van der Waals surface area contributed by atoms with Crippen molar-refractivity contribution in [2.24, 2.45) is 11.7 Å². The zero-order valence-electron chi connectivity index (χ0n) is 12.0. The number of rotatable bonds is 3. The van der Waals surface area contributed by atoms with Crippen LogP contribution in [-0.4, -0.2) is 29.9 Å². The standard InChI is InChI=1S/C15H20BrN3O2/c1-10(11-4-2-6-13(16)8-11)18-14(20)12-5-3-7-19(9-12)15(17)21/h2,4,6,8,10,12H,3,5,7,9H2,1H3,(H2,17,21)(H,18,20)/t10-,12-/m1/s1. The van der Waals surface area contributed by atoms with E-state index in [1.54, 1.807) is 0 Å². The fourth-order valence-electron chi connectivity index (χ4n) is 2.58. The summed E-state index contributed by atoms with van der Waals surface area (Å²) in [6.45, 7) is 3.00. The van der Waals surface area contributed by atoms with Crippen LogP contribution in [0.4, 0.5) is 4.79 Å². The zero-order valence-corrected chi connectivity index (χ0v) is 13.6. The van der Waals surface area contributed by atoms with Crippen LogP contribution in [0.15, 0.2) is 28.7 Å². The van der Waals surface area contributed by atoms with Gasteiger partial charge in [-0.3, -0.25) is 4.79 Å². The van der Waals surface area contributed by atoms with E-state index in [0.29, 0.717) is 13.1 Å². The molecule has 2 rings (SSSR count). The van der Waals surface area contributed by atoms with E-state index in [0.717, 1.165) is 22.9 Å². The number of primary amides is 1. The Hall–Kier alpha value is -1.56. The lowest BCUT2D eigenvalue weighted by Gasteiger charge is -2.31. The first-order valence-electron chi connectivity index (χ1n) is 7.07. The maximum atomic E-state index is 12.3. The highest BCUT2D eigenvalue weighted by Gasteiger charge is 2.28. The van der Waals surface area contributed by atoms with Crippen LogP contribution in [0.25, 0.3) is 0 Å². The van der Waals surface area contributed by atoms with Gasteiger partial charge in [0.25, 0.3) is 0 Å². The van der Waals surface area contributed by atoms with Crippen molar-refractivity contribution in [3.05, 3.63) is 34.3 Å². The first-order valence-corrected chi connectivity index (χ1v) is 7.87. The van der Waals surface area contributed by atoms with Gasteiger partial charge in [-0.05, 0) is 37.5 Å². The summed E-state index contributed by atoms with van der Waals surface area (Å²) in [5.41, 5.74) is 6.33. The monoisotopic (exact) mass is 353 g/mol. The van der Waals surface area contributed by atoms with Crippen molar-refractivity contribution in [3.63, 3.8) is 0 Å². The summed E-state index contributed by atoms with van der Waals surface area (Å²) in [6, 6.07) is 7.33. The predicted octanol–water partition coefficient (Wildman–Crippen LogP) is 2.42. The van der Waals surface area contributed by atoms with Gasteiger partial charge in [0, 0.05) is 17.6 Å². The summed E-state index contributed by atoms with van der Waals surface area (Å²) < 4.78 is 0.985. The Kier molecular flexibility index (Phi) is 5.22. The minimum absolute atomic E-state index is 0.0200. The minimum atomic E-state index is -0.451. The lowest BCUT2D eigenvalue weighted by atomic mass is 9.96. The third-order valence-corrected chi connectivity index (χ3v) is 4.30. The molecule has 1 fully saturated rings. The molecule has 5 nitrogen and oxygen atoms in total. The molecule has 3 amide bonds. The number of halogens is 1. The van der Waals surface area contributed by atoms with Gasteiger partial charge < -0.3 is 16.0 Å². The van der Waals surface area contributed by atoms with E-state index in [1.165, 1.54) is 4.90 Å². The molecule has 1 heterocycles. The Labute approximate surface area is 133 Å². The molecule has 21 heavy (non-hydrogen) atoms. The number of nitrogens with one attached hydrogen (secondary N) is 1. The summed E-state index contributed by atoms with van der Waals surface area (Å²) in [5, 5.41) is 3.01. The van der Waals surface area contributed by atoms with Crippen LogP contribution >= 0.6 is 15.9 Å². The van der Waals surface area contributed by atoms with Crippen LogP contribution in [0, 0.1) is 5.92 Å². The molecule has 1 aromatic rings. The van der Waals surface area contributed by atoms with Crippen molar-refractivity contribution in [1.29, 1.82) is 0 Å². The fraction of sp³-hybridized carbons (Fsp3) is 0.467. The van der Waals surface area contributed by atoms with Crippen molar-refractivity contribution >= 4 is 27.9 Å². The zero-order chi connectivity index (χ0) is 15.4. The topological polar surface area (TPSA) is 75.4 Å². The molecule has 0 saturated carbocycles. The second kappa shape index (κ2) is 6.93. The van der Waals surface area contributed by atoms with Gasteiger partial charge >= 0.3 is 6.03 Å². The molecule has 0 unspecified atom stereocenters. The highest BCUT2D eigenvalue weighted by atomic mass is 79.9. The second-order valence-corrected chi connectivity index (χ2v) is 6.32. The maximum absolute atomic E-state index is 12.3. The van der Waals surface area contributed by atoms with E-state index in [9.17, 15) is 9.59 Å². The van der Waals surface area contributed by atoms with E-state index in [4.69, 9.17) is 5.73 Å². The number of amides is 3. The van der Waals surface area contributed by atoms with Crippen LogP contribution in [0.3, 0.4) is 0 Å². The Morgan fingerprint density at radius 2 is 2.24 bits per heavy atom. The normalized spacial score (nSPS) is 19.9. The Bertz CT molecular complexity index is 535. The molecule has 1 aliphatic heterocycles. The fourth-order valence-corrected chi connectivity index (χ4v) is 3.00. The summed E-state index contributed by atoms with van der Waals surface area (Å²) in [4.78, 5) is 25.1. The third-order valence-electron chi connectivity index (χ3n) is 3.81. The third kappa shape index (κ3) is 4.20. The summed E-state index contributed by atoms with van der Waals surface area (Å²) in [5.74, 6) is -0.200. The quantitative estimate of drug-likeness (QED) is 0.875. The number of carbonyl (C=O) groups excluding carboxylic acids is 2. The Morgan fingerprint density at radius 1 is 1.48 bits per heavy atom. The van der Waals surface area contributed by atoms with Gasteiger partial charge in [-0.15, -0.1) is 0 Å². The number of carbonyl (C=O) groups is 2. The van der Waals surface area contributed by atoms with Crippen molar-refractivity contribution in [3.8, 4) is 0 Å². The molecule has 2 atom stereocenters. The summed E-state index contributed by atoms with van der Waals surface area (Å²) >= 11 is 3.43. The molecule has 1 saturated heterocycles. The smallest absolute Gasteiger partial charge is 0.314 e. The second-order valence-electron chi connectivity index (χ2n) is 5.41. The van der Waals surface area contributed by atoms with E-state index in [-0.39, 0.29) is 17.9 Å². The molecule has 1 aromatic carbocycles. The summed E-state index contributed by atoms with van der Waals surface area (Å²) in [7, 11) is 0. The number of hydrogen-bond acceptors (Lipinski definition) is 2. The number of nitrogens with zero attached hydrogens (tertiary/aromatic N) is 1. The highest BCUT2D eigenvalue weighted by molar-refractivity contribution is 9.10.